The van der Waals surface area contributed by atoms with Crippen LogP contribution in [-0.4, -0.2) is 63.3 Å². The predicted molar refractivity (Wildman–Crippen MR) is 144 cm³/mol. The zero-order chi connectivity index (χ0) is 26.4. The number of amides is 1. The lowest BCUT2D eigenvalue weighted by Gasteiger charge is -2.44. The summed E-state index contributed by atoms with van der Waals surface area (Å²) >= 11 is 0. The van der Waals surface area contributed by atoms with Crippen LogP contribution in [0.1, 0.15) is 29.8 Å². The number of hydrogen-bond acceptors (Lipinski definition) is 7. The normalized spacial score (nSPS) is 17.7. The minimum Gasteiger partial charge on any atom is -0.454 e. The van der Waals surface area contributed by atoms with Gasteiger partial charge >= 0.3 is 0 Å². The summed E-state index contributed by atoms with van der Waals surface area (Å²) in [6.07, 6.45) is 5.18. The second kappa shape index (κ2) is 9.27. The van der Waals surface area contributed by atoms with Gasteiger partial charge in [0.05, 0.1) is 11.4 Å². The summed E-state index contributed by atoms with van der Waals surface area (Å²) in [4.78, 5) is 35.1. The first-order valence-corrected chi connectivity index (χ1v) is 13.2. The number of rotatable bonds is 4. The van der Waals surface area contributed by atoms with E-state index in [9.17, 15) is 9.59 Å². The number of ether oxygens (including phenoxy) is 2. The topological polar surface area (TPSA) is 89.8 Å². The molecule has 7 rings (SSSR count). The molecule has 3 aliphatic rings. The highest BCUT2D eigenvalue weighted by Crippen LogP contribution is 2.40. The molecule has 196 valence electrons. The van der Waals surface area contributed by atoms with E-state index in [4.69, 9.17) is 14.6 Å². The quantitative estimate of drug-likeness (QED) is 0.399. The molecule has 0 bridgehead atoms. The van der Waals surface area contributed by atoms with Crippen molar-refractivity contribution in [3.05, 3.63) is 84.8 Å². The van der Waals surface area contributed by atoms with E-state index in [-0.39, 0.29) is 18.5 Å². The summed E-state index contributed by atoms with van der Waals surface area (Å²) in [6.45, 7) is 1.89. The first-order valence-electron chi connectivity index (χ1n) is 13.2. The Morgan fingerprint density at radius 3 is 2.41 bits per heavy atom. The summed E-state index contributed by atoms with van der Waals surface area (Å²) in [6, 6.07) is 21.3. The molecule has 2 saturated heterocycles. The van der Waals surface area contributed by atoms with Crippen molar-refractivity contribution in [1.82, 2.24) is 19.7 Å². The van der Waals surface area contributed by atoms with Gasteiger partial charge in [0.15, 0.2) is 23.0 Å². The molecule has 39 heavy (non-hydrogen) atoms. The Bertz CT molecular complexity index is 1540. The van der Waals surface area contributed by atoms with Gasteiger partial charge < -0.3 is 19.3 Å². The van der Waals surface area contributed by atoms with Crippen molar-refractivity contribution in [3.63, 3.8) is 0 Å². The molecule has 0 radical (unpaired) electrons. The van der Waals surface area contributed by atoms with Crippen molar-refractivity contribution in [3.8, 4) is 28.4 Å². The van der Waals surface area contributed by atoms with E-state index in [2.05, 4.69) is 22.0 Å². The van der Waals surface area contributed by atoms with Crippen LogP contribution in [0.4, 0.5) is 5.69 Å². The van der Waals surface area contributed by atoms with Crippen LogP contribution in [0, 0.1) is 0 Å². The Kier molecular flexibility index (Phi) is 5.57. The van der Waals surface area contributed by atoms with Crippen LogP contribution in [-0.2, 0) is 4.79 Å². The van der Waals surface area contributed by atoms with Crippen LogP contribution < -0.4 is 14.4 Å². The highest BCUT2D eigenvalue weighted by Gasteiger charge is 2.50. The Morgan fingerprint density at radius 2 is 1.62 bits per heavy atom. The molecule has 0 unspecified atom stereocenters. The second-order valence-electron chi connectivity index (χ2n) is 10.1. The van der Waals surface area contributed by atoms with Gasteiger partial charge in [-0.2, -0.15) is 5.10 Å². The monoisotopic (exact) mass is 521 g/mol. The molecule has 1 spiro atoms. The van der Waals surface area contributed by atoms with Gasteiger partial charge in [0, 0.05) is 55.8 Å². The number of Topliss-reactive ketones (excluding diaryl/α,β-unsaturated/α-hetero) is 1. The van der Waals surface area contributed by atoms with Crippen molar-refractivity contribution in [2.75, 3.05) is 31.3 Å². The Hall–Kier alpha value is -4.66. The Labute approximate surface area is 225 Å². The van der Waals surface area contributed by atoms with E-state index in [1.807, 2.05) is 59.5 Å². The van der Waals surface area contributed by atoms with E-state index >= 15 is 0 Å². The van der Waals surface area contributed by atoms with Crippen LogP contribution in [0.3, 0.4) is 0 Å². The highest BCUT2D eigenvalue weighted by atomic mass is 16.7. The van der Waals surface area contributed by atoms with E-state index in [0.717, 1.165) is 22.6 Å². The van der Waals surface area contributed by atoms with Crippen molar-refractivity contribution < 1.29 is 19.1 Å². The first-order chi connectivity index (χ1) is 19.1. The third-order valence-corrected chi connectivity index (χ3v) is 8.05. The van der Waals surface area contributed by atoms with Crippen LogP contribution >= 0.6 is 0 Å². The number of carbonyl (C=O) groups excluding carboxylic acids is 2. The number of anilines is 1. The molecule has 2 aromatic carbocycles. The number of aromatic nitrogens is 3. The Morgan fingerprint density at radius 1 is 0.846 bits per heavy atom. The molecule has 4 aromatic rings. The average molecular weight is 522 g/mol. The van der Waals surface area contributed by atoms with Gasteiger partial charge in [-0.25, -0.2) is 4.68 Å². The number of nitrogens with zero attached hydrogens (tertiary/aromatic N) is 5. The van der Waals surface area contributed by atoms with Gasteiger partial charge in [0.2, 0.25) is 6.79 Å². The van der Waals surface area contributed by atoms with Gasteiger partial charge in [-0.05, 0) is 55.3 Å². The smallest absolute Gasteiger partial charge is 0.274 e. The van der Waals surface area contributed by atoms with Gasteiger partial charge in [0.25, 0.3) is 5.91 Å². The maximum atomic E-state index is 13.7. The molecule has 3 aliphatic heterocycles. The summed E-state index contributed by atoms with van der Waals surface area (Å²) in [5.41, 5.74) is 3.29. The summed E-state index contributed by atoms with van der Waals surface area (Å²) in [7, 11) is 0. The minimum absolute atomic E-state index is 0.142. The zero-order valence-corrected chi connectivity index (χ0v) is 21.3. The first kappa shape index (κ1) is 23.5. The van der Waals surface area contributed by atoms with Crippen LogP contribution in [0.25, 0.3) is 16.9 Å². The maximum Gasteiger partial charge on any atom is 0.274 e. The standard InChI is InChI=1S/C30H27N5O4/c36-28-10-15-34(22-4-2-1-3-5-22)30(28)11-16-33(17-12-30)29(37)24-19-25(21-8-13-31-14-9-21)35(32-24)23-6-7-26-27(18-23)39-20-38-26/h1-9,13-14,18-19H,10-12,15-17,20H2. The molecule has 9 nitrogen and oxygen atoms in total. The van der Waals surface area contributed by atoms with Crippen molar-refractivity contribution >= 4 is 17.4 Å². The third-order valence-electron chi connectivity index (χ3n) is 8.05. The highest BCUT2D eigenvalue weighted by molar-refractivity contribution is 5.97. The molecule has 5 heterocycles. The lowest BCUT2D eigenvalue weighted by molar-refractivity contribution is -0.123. The molecular formula is C30H27N5O4. The summed E-state index contributed by atoms with van der Waals surface area (Å²) in [5, 5.41) is 4.76. The molecule has 0 atom stereocenters. The molecule has 0 aliphatic carbocycles. The summed E-state index contributed by atoms with van der Waals surface area (Å²) in [5.74, 6) is 1.45. The van der Waals surface area contributed by atoms with E-state index in [1.165, 1.54) is 0 Å². The number of carbonyl (C=O) groups is 2. The molecule has 1 amide bonds. The number of hydrogen-bond donors (Lipinski definition) is 0. The maximum absolute atomic E-state index is 13.7. The number of likely N-dealkylation sites (tertiary alicyclic amines) is 1. The predicted octanol–water partition coefficient (Wildman–Crippen LogP) is 4.12. The van der Waals surface area contributed by atoms with Gasteiger partial charge in [-0.3, -0.25) is 14.6 Å². The van der Waals surface area contributed by atoms with Gasteiger partial charge in [0.1, 0.15) is 5.54 Å². The molecule has 2 fully saturated rings. The lowest BCUT2D eigenvalue weighted by atomic mass is 9.83. The fourth-order valence-electron chi connectivity index (χ4n) is 6.01. The van der Waals surface area contributed by atoms with Gasteiger partial charge in [-0.15, -0.1) is 0 Å². The van der Waals surface area contributed by atoms with Crippen LogP contribution in [0.5, 0.6) is 11.5 Å². The largest absolute Gasteiger partial charge is 0.454 e. The molecule has 0 saturated carbocycles. The second-order valence-corrected chi connectivity index (χ2v) is 10.1. The van der Waals surface area contributed by atoms with E-state index in [1.54, 1.807) is 17.1 Å². The summed E-state index contributed by atoms with van der Waals surface area (Å²) < 4.78 is 12.8. The zero-order valence-electron chi connectivity index (χ0n) is 21.3. The number of piperidine rings is 1. The van der Waals surface area contributed by atoms with Crippen molar-refractivity contribution in [2.24, 2.45) is 0 Å². The van der Waals surface area contributed by atoms with Crippen LogP contribution in [0.2, 0.25) is 0 Å². The number of pyridine rings is 1. The molecule has 2 aromatic heterocycles. The SMILES string of the molecule is O=C(c1cc(-c2ccncc2)n(-c2ccc3c(c2)OCO3)n1)N1CCC2(CC1)C(=O)CCN2c1ccccc1. The molecule has 0 N–H and O–H groups in total. The number of fused-ring (bicyclic) bond motifs is 1. The van der Waals surface area contributed by atoms with E-state index in [0.29, 0.717) is 56.1 Å². The number of benzene rings is 2. The minimum atomic E-state index is -0.549. The lowest BCUT2D eigenvalue weighted by Crippen LogP contribution is -2.56. The van der Waals surface area contributed by atoms with Crippen molar-refractivity contribution in [2.45, 2.75) is 24.8 Å². The average Bonchev–Trinajstić information content (AvgIpc) is 3.72. The fraction of sp³-hybridized carbons (Fsp3) is 0.267. The Balaban J connectivity index is 1.17. The van der Waals surface area contributed by atoms with Crippen LogP contribution in [0.15, 0.2) is 79.1 Å². The van der Waals surface area contributed by atoms with Gasteiger partial charge in [-0.1, -0.05) is 18.2 Å². The number of ketones is 1. The number of para-hydroxylation sites is 1. The molecule has 9 heteroatoms. The fourth-order valence-corrected chi connectivity index (χ4v) is 6.01. The van der Waals surface area contributed by atoms with Crippen molar-refractivity contribution in [1.29, 1.82) is 0 Å². The van der Waals surface area contributed by atoms with E-state index < -0.39 is 5.54 Å². The third kappa shape index (κ3) is 3.93. The molecular weight excluding hydrogens is 494 g/mol.